The molecule has 0 unspecified atom stereocenters. The second-order valence-electron chi connectivity index (χ2n) is 3.45. The Bertz CT molecular complexity index is 287. The van der Waals surface area contributed by atoms with E-state index in [1.54, 1.807) is 0 Å². The van der Waals surface area contributed by atoms with Crippen LogP contribution in [-0.4, -0.2) is 19.8 Å². The minimum absolute atomic E-state index is 0.311. The van der Waals surface area contributed by atoms with E-state index in [-0.39, 0.29) is 0 Å². The topological polar surface area (TPSA) is 34.4 Å². The molecule has 3 nitrogen and oxygen atoms in total. The highest BCUT2D eigenvalue weighted by Gasteiger charge is 2.19. The summed E-state index contributed by atoms with van der Waals surface area (Å²) in [5, 5.41) is 3.40. The number of morpholine rings is 1. The van der Waals surface area contributed by atoms with E-state index in [2.05, 4.69) is 11.4 Å². The van der Waals surface area contributed by atoms with Crippen molar-refractivity contribution >= 4 is 0 Å². The number of ether oxygens (including phenoxy) is 1. The van der Waals surface area contributed by atoms with Crippen LogP contribution < -0.4 is 5.32 Å². The summed E-state index contributed by atoms with van der Waals surface area (Å²) in [6, 6.07) is 2.40. The molecule has 1 N–H and O–H groups in total. The molecule has 0 bridgehead atoms. The molecule has 72 valence electrons. The fraction of sp³-hybridized carbons (Fsp3) is 0.600. The van der Waals surface area contributed by atoms with E-state index in [1.807, 2.05) is 13.8 Å². The van der Waals surface area contributed by atoms with Crippen LogP contribution in [0.5, 0.6) is 0 Å². The fourth-order valence-corrected chi connectivity index (χ4v) is 1.76. The third kappa shape index (κ3) is 1.76. The lowest BCUT2D eigenvalue weighted by Crippen LogP contribution is -2.34. The monoisotopic (exact) mass is 181 g/mol. The zero-order chi connectivity index (χ0) is 9.26. The first kappa shape index (κ1) is 8.78. The number of aryl methyl sites for hydroxylation is 2. The van der Waals surface area contributed by atoms with E-state index >= 15 is 0 Å². The summed E-state index contributed by atoms with van der Waals surface area (Å²) in [5.74, 6) is 1.97. The zero-order valence-corrected chi connectivity index (χ0v) is 8.09. The van der Waals surface area contributed by atoms with Crippen LogP contribution in [0, 0.1) is 13.8 Å². The molecule has 0 saturated carbocycles. The number of rotatable bonds is 1. The summed E-state index contributed by atoms with van der Waals surface area (Å²) in [7, 11) is 0. The molecule has 1 aromatic heterocycles. The van der Waals surface area contributed by atoms with Gasteiger partial charge in [0.05, 0.1) is 19.3 Å². The van der Waals surface area contributed by atoms with E-state index in [0.717, 1.165) is 31.3 Å². The standard InChI is InChI=1S/C10H15NO2/c1-7-5-9(8(2)13-7)10-6-12-4-3-11-10/h5,10-11H,3-4,6H2,1-2H3/t10-/m0/s1. The number of hydrogen-bond donors (Lipinski definition) is 1. The maximum absolute atomic E-state index is 5.47. The summed E-state index contributed by atoms with van der Waals surface area (Å²) < 4.78 is 10.9. The normalized spacial score (nSPS) is 23.4. The second kappa shape index (κ2) is 3.52. The molecular weight excluding hydrogens is 166 g/mol. The molecule has 2 rings (SSSR count). The van der Waals surface area contributed by atoms with Crippen molar-refractivity contribution in [3.63, 3.8) is 0 Å². The third-order valence-corrected chi connectivity index (χ3v) is 2.38. The van der Waals surface area contributed by atoms with E-state index in [0.29, 0.717) is 6.04 Å². The van der Waals surface area contributed by atoms with E-state index in [9.17, 15) is 0 Å². The number of furan rings is 1. The lowest BCUT2D eigenvalue weighted by Gasteiger charge is -2.23. The predicted octanol–water partition coefficient (Wildman–Crippen LogP) is 1.56. The summed E-state index contributed by atoms with van der Waals surface area (Å²) >= 11 is 0. The Labute approximate surface area is 78.1 Å². The molecule has 0 spiro atoms. The van der Waals surface area contributed by atoms with Crippen LogP contribution in [0.3, 0.4) is 0 Å². The van der Waals surface area contributed by atoms with Gasteiger partial charge < -0.3 is 14.5 Å². The van der Waals surface area contributed by atoms with Crippen LogP contribution >= 0.6 is 0 Å². The highest BCUT2D eigenvalue weighted by atomic mass is 16.5. The fourth-order valence-electron chi connectivity index (χ4n) is 1.76. The highest BCUT2D eigenvalue weighted by molar-refractivity contribution is 5.24. The summed E-state index contributed by atoms with van der Waals surface area (Å²) in [4.78, 5) is 0. The SMILES string of the molecule is Cc1cc([C@@H]2COCCN2)c(C)o1. The van der Waals surface area contributed by atoms with Gasteiger partial charge in [-0.15, -0.1) is 0 Å². The smallest absolute Gasteiger partial charge is 0.105 e. The second-order valence-corrected chi connectivity index (χ2v) is 3.45. The van der Waals surface area contributed by atoms with Gasteiger partial charge in [0, 0.05) is 12.1 Å². The third-order valence-electron chi connectivity index (χ3n) is 2.38. The molecule has 1 aliphatic heterocycles. The van der Waals surface area contributed by atoms with Crippen molar-refractivity contribution < 1.29 is 9.15 Å². The lowest BCUT2D eigenvalue weighted by atomic mass is 10.1. The van der Waals surface area contributed by atoms with Gasteiger partial charge in [0.25, 0.3) is 0 Å². The van der Waals surface area contributed by atoms with Crippen molar-refractivity contribution in [1.82, 2.24) is 5.32 Å². The van der Waals surface area contributed by atoms with Gasteiger partial charge in [0.15, 0.2) is 0 Å². The average molecular weight is 181 g/mol. The van der Waals surface area contributed by atoms with Gasteiger partial charge in [-0.05, 0) is 19.9 Å². The molecule has 13 heavy (non-hydrogen) atoms. The van der Waals surface area contributed by atoms with Gasteiger partial charge in [-0.3, -0.25) is 0 Å². The van der Waals surface area contributed by atoms with Crippen LogP contribution in [-0.2, 0) is 4.74 Å². The number of nitrogens with one attached hydrogen (secondary N) is 1. The van der Waals surface area contributed by atoms with Gasteiger partial charge in [-0.25, -0.2) is 0 Å². The van der Waals surface area contributed by atoms with Crippen molar-refractivity contribution in [3.8, 4) is 0 Å². The molecule has 0 aromatic carbocycles. The van der Waals surface area contributed by atoms with Crippen molar-refractivity contribution in [2.75, 3.05) is 19.8 Å². The Balaban J connectivity index is 2.18. The molecule has 3 heteroatoms. The van der Waals surface area contributed by atoms with E-state index in [4.69, 9.17) is 9.15 Å². The van der Waals surface area contributed by atoms with Gasteiger partial charge in [-0.2, -0.15) is 0 Å². The number of hydrogen-bond acceptors (Lipinski definition) is 3. The van der Waals surface area contributed by atoms with Gasteiger partial charge in [0.1, 0.15) is 11.5 Å². The van der Waals surface area contributed by atoms with Gasteiger partial charge in [-0.1, -0.05) is 0 Å². The zero-order valence-electron chi connectivity index (χ0n) is 8.09. The molecule has 1 aromatic rings. The minimum Gasteiger partial charge on any atom is -0.466 e. The van der Waals surface area contributed by atoms with Gasteiger partial charge in [0.2, 0.25) is 0 Å². The van der Waals surface area contributed by atoms with Crippen molar-refractivity contribution in [1.29, 1.82) is 0 Å². The van der Waals surface area contributed by atoms with Crippen LogP contribution in [0.25, 0.3) is 0 Å². The van der Waals surface area contributed by atoms with Crippen LogP contribution in [0.15, 0.2) is 10.5 Å². The molecule has 1 aliphatic rings. The average Bonchev–Trinajstić information content (AvgIpc) is 2.47. The Morgan fingerprint density at radius 3 is 2.85 bits per heavy atom. The first-order valence-corrected chi connectivity index (χ1v) is 4.65. The first-order chi connectivity index (χ1) is 6.27. The molecule has 0 amide bonds. The molecule has 0 aliphatic carbocycles. The van der Waals surface area contributed by atoms with Crippen molar-refractivity contribution in [2.45, 2.75) is 19.9 Å². The predicted molar refractivity (Wildman–Crippen MR) is 49.7 cm³/mol. The van der Waals surface area contributed by atoms with Crippen LogP contribution in [0.1, 0.15) is 23.1 Å². The summed E-state index contributed by atoms with van der Waals surface area (Å²) in [6.07, 6.45) is 0. The molecule has 1 atom stereocenters. The van der Waals surface area contributed by atoms with E-state index in [1.165, 1.54) is 5.56 Å². The van der Waals surface area contributed by atoms with Crippen LogP contribution in [0.2, 0.25) is 0 Å². The maximum Gasteiger partial charge on any atom is 0.105 e. The molecular formula is C10H15NO2. The quantitative estimate of drug-likeness (QED) is 0.714. The van der Waals surface area contributed by atoms with E-state index < -0.39 is 0 Å². The Morgan fingerprint density at radius 2 is 2.31 bits per heavy atom. The largest absolute Gasteiger partial charge is 0.466 e. The maximum atomic E-state index is 5.47. The first-order valence-electron chi connectivity index (χ1n) is 4.65. The van der Waals surface area contributed by atoms with Crippen molar-refractivity contribution in [2.24, 2.45) is 0 Å². The highest BCUT2D eigenvalue weighted by Crippen LogP contribution is 2.22. The molecule has 0 radical (unpaired) electrons. The molecule has 1 saturated heterocycles. The van der Waals surface area contributed by atoms with Crippen molar-refractivity contribution in [3.05, 3.63) is 23.2 Å². The Morgan fingerprint density at radius 1 is 1.46 bits per heavy atom. The Hall–Kier alpha value is -0.800. The Kier molecular flexibility index (Phi) is 2.38. The summed E-state index contributed by atoms with van der Waals surface area (Å²) in [5.41, 5.74) is 1.23. The minimum atomic E-state index is 0.311. The lowest BCUT2D eigenvalue weighted by molar-refractivity contribution is 0.0764. The molecule has 1 fully saturated rings. The van der Waals surface area contributed by atoms with Gasteiger partial charge >= 0.3 is 0 Å². The molecule has 2 heterocycles. The summed E-state index contributed by atoms with van der Waals surface area (Å²) in [6.45, 7) is 6.46. The van der Waals surface area contributed by atoms with Crippen LogP contribution in [0.4, 0.5) is 0 Å².